The zero-order valence-corrected chi connectivity index (χ0v) is 19.1. The van der Waals surface area contributed by atoms with Crippen LogP contribution < -0.4 is 57.1 Å². The van der Waals surface area contributed by atoms with Crippen LogP contribution >= 0.6 is 0 Å². The van der Waals surface area contributed by atoms with Gasteiger partial charge >= 0.3 is 0 Å². The Balaban J connectivity index is 0.00000312. The Morgan fingerprint density at radius 2 is 1.77 bits per heavy atom. The maximum absolute atomic E-state index is 12.1. The highest BCUT2D eigenvalue weighted by molar-refractivity contribution is 5.95. The third kappa shape index (κ3) is 8.49. The van der Waals surface area contributed by atoms with Crippen molar-refractivity contribution >= 4 is 12.0 Å². The summed E-state index contributed by atoms with van der Waals surface area (Å²) in [6.45, 7) is 4.76. The van der Waals surface area contributed by atoms with E-state index in [9.17, 15) is 4.79 Å². The molecule has 0 unspecified atom stereocenters. The number of pyridine rings is 2. The number of carbonyl (C=O) groups is 1. The summed E-state index contributed by atoms with van der Waals surface area (Å²) in [4.78, 5) is 12.1. The van der Waals surface area contributed by atoms with Gasteiger partial charge in [0, 0.05) is 18.6 Å². The molecule has 8 heteroatoms. The number of hydrogen-bond acceptors (Lipinski definition) is 4. The quantitative estimate of drug-likeness (QED) is 0.0861. The molecule has 6 nitrogen and oxygen atoms in total. The highest BCUT2D eigenvalue weighted by Gasteiger charge is 2.12. The molecule has 0 aliphatic heterocycles. The fourth-order valence-electron chi connectivity index (χ4n) is 2.27. The van der Waals surface area contributed by atoms with Gasteiger partial charge < -0.3 is 53.2 Å². The lowest BCUT2D eigenvalue weighted by molar-refractivity contribution is -0.788. The summed E-state index contributed by atoms with van der Waals surface area (Å²) in [5.74, 6) is 0.484. The van der Waals surface area contributed by atoms with Crippen LogP contribution in [0.1, 0.15) is 36.2 Å². The van der Waals surface area contributed by atoms with Crippen molar-refractivity contribution in [2.75, 3.05) is 0 Å². The average Bonchev–Trinajstić information content (AvgIpc) is 2.55. The monoisotopic (exact) mass is 583 g/mol. The standard InChI is InChI=1S/C18H22N3O3.2HI/c1-15(2)9-18(22)17-6-4-8-21(12-17)14-24-13-20-7-3-5-16(11-20)10-19-23;;/h3-8,10-12,15H,9,13-14H2,1-2H3;2*1H/q+1;;/p-1/b19-10+;;. The molecule has 2 heterocycles. The van der Waals surface area contributed by atoms with Crippen molar-refractivity contribution in [3.8, 4) is 0 Å². The van der Waals surface area contributed by atoms with Gasteiger partial charge in [0.25, 0.3) is 13.5 Å². The van der Waals surface area contributed by atoms with Crippen molar-refractivity contribution < 1.29 is 71.8 Å². The molecule has 0 aliphatic rings. The van der Waals surface area contributed by atoms with Crippen LogP contribution in [0.15, 0.2) is 54.2 Å². The first-order valence-corrected chi connectivity index (χ1v) is 7.85. The summed E-state index contributed by atoms with van der Waals surface area (Å²) in [5.41, 5.74) is 1.47. The van der Waals surface area contributed by atoms with E-state index in [1.54, 1.807) is 0 Å². The molecule has 26 heavy (non-hydrogen) atoms. The van der Waals surface area contributed by atoms with Crippen LogP contribution in [0.3, 0.4) is 0 Å². The summed E-state index contributed by atoms with van der Waals surface area (Å²) >= 11 is 0. The molecular formula is C18H23I2N3O3. The van der Waals surface area contributed by atoms with E-state index in [0.717, 1.165) is 5.56 Å². The number of rotatable bonds is 8. The summed E-state index contributed by atoms with van der Waals surface area (Å²) in [6.07, 6.45) is 9.25. The van der Waals surface area contributed by atoms with E-state index in [1.165, 1.54) is 6.21 Å². The second-order valence-corrected chi connectivity index (χ2v) is 5.99. The van der Waals surface area contributed by atoms with Crippen LogP contribution in [0.2, 0.25) is 0 Å². The molecule has 0 radical (unpaired) electrons. The zero-order chi connectivity index (χ0) is 17.4. The van der Waals surface area contributed by atoms with Crippen molar-refractivity contribution in [1.82, 2.24) is 0 Å². The maximum atomic E-state index is 12.1. The molecule has 0 saturated carbocycles. The smallest absolute Gasteiger partial charge is 0.257 e. The number of aromatic nitrogens is 2. The van der Waals surface area contributed by atoms with Gasteiger partial charge in [0.15, 0.2) is 30.6 Å². The van der Waals surface area contributed by atoms with Gasteiger partial charge in [-0.2, -0.15) is 9.13 Å². The lowest BCUT2D eigenvalue weighted by Crippen LogP contribution is -3.00. The number of oxime groups is 1. The van der Waals surface area contributed by atoms with Crippen molar-refractivity contribution in [1.29, 1.82) is 0 Å². The molecule has 0 fully saturated rings. The number of ether oxygens (including phenoxy) is 1. The Hall–Kier alpha value is -1.14. The molecular weight excluding hydrogens is 560 g/mol. The van der Waals surface area contributed by atoms with Gasteiger partial charge in [0.1, 0.15) is 0 Å². The van der Waals surface area contributed by atoms with Crippen molar-refractivity contribution in [3.63, 3.8) is 0 Å². The summed E-state index contributed by atoms with van der Waals surface area (Å²) in [5, 5.41) is 11.6. The Bertz CT molecular complexity index is 724. The lowest BCUT2D eigenvalue weighted by atomic mass is 10.0. The largest absolute Gasteiger partial charge is 1.00 e. The molecule has 0 aliphatic carbocycles. The molecule has 0 amide bonds. The fraction of sp³-hybridized carbons (Fsp3) is 0.333. The van der Waals surface area contributed by atoms with E-state index in [1.807, 2.05) is 72.0 Å². The highest BCUT2D eigenvalue weighted by atomic mass is 127. The molecule has 2 aromatic heterocycles. The van der Waals surface area contributed by atoms with Gasteiger partial charge in [-0.1, -0.05) is 19.0 Å². The van der Waals surface area contributed by atoms with Crippen LogP contribution in [0, 0.1) is 5.92 Å². The van der Waals surface area contributed by atoms with Gasteiger partial charge in [-0.3, -0.25) is 9.53 Å². The summed E-state index contributed by atoms with van der Waals surface area (Å²) in [6, 6.07) is 7.35. The number of Topliss-reactive ketones (excluding diaryl/α,β-unsaturated/α-hetero) is 1. The van der Waals surface area contributed by atoms with Gasteiger partial charge in [-0.05, 0) is 18.1 Å². The first-order chi connectivity index (χ1) is 11.6. The lowest BCUT2D eigenvalue weighted by Gasteiger charge is -2.03. The minimum absolute atomic E-state index is 0. The minimum Gasteiger partial charge on any atom is -1.00 e. The first kappa shape index (κ1) is 24.9. The predicted molar refractivity (Wildman–Crippen MR) is 87.5 cm³/mol. The molecule has 0 spiro atoms. The zero-order valence-electron chi connectivity index (χ0n) is 14.8. The Kier molecular flexibility index (Phi) is 12.5. The van der Waals surface area contributed by atoms with Gasteiger partial charge in [-0.15, -0.1) is 0 Å². The van der Waals surface area contributed by atoms with E-state index in [4.69, 9.17) is 9.94 Å². The second-order valence-electron chi connectivity index (χ2n) is 5.99. The fourth-order valence-corrected chi connectivity index (χ4v) is 2.27. The Morgan fingerprint density at radius 3 is 2.38 bits per heavy atom. The molecule has 142 valence electrons. The van der Waals surface area contributed by atoms with Crippen LogP contribution in [0.5, 0.6) is 0 Å². The number of ketones is 1. The number of nitrogens with zero attached hydrogens (tertiary/aromatic N) is 3. The third-order valence-corrected chi connectivity index (χ3v) is 3.34. The van der Waals surface area contributed by atoms with Gasteiger partial charge in [-0.25, -0.2) is 0 Å². The normalized spacial score (nSPS) is 10.4. The number of halogens is 2. The summed E-state index contributed by atoms with van der Waals surface area (Å²) in [7, 11) is 0. The van der Waals surface area contributed by atoms with E-state index in [2.05, 4.69) is 5.16 Å². The van der Waals surface area contributed by atoms with Crippen molar-refractivity contribution in [2.24, 2.45) is 11.1 Å². The third-order valence-electron chi connectivity index (χ3n) is 3.34. The molecule has 2 aromatic rings. The Labute approximate surface area is 187 Å². The average molecular weight is 583 g/mol. The van der Waals surface area contributed by atoms with Crippen molar-refractivity contribution in [2.45, 2.75) is 33.7 Å². The van der Waals surface area contributed by atoms with Crippen LogP contribution in [-0.4, -0.2) is 17.2 Å². The molecule has 0 aromatic carbocycles. The van der Waals surface area contributed by atoms with Gasteiger partial charge in [0.05, 0.1) is 17.3 Å². The first-order valence-electron chi connectivity index (χ1n) is 7.85. The number of hydrogen-bond donors (Lipinski definition) is 1. The molecule has 0 atom stereocenters. The minimum atomic E-state index is 0. The molecule has 2 rings (SSSR count). The summed E-state index contributed by atoms with van der Waals surface area (Å²) < 4.78 is 9.34. The van der Waals surface area contributed by atoms with Gasteiger partial charge in [0.2, 0.25) is 0 Å². The van der Waals surface area contributed by atoms with E-state index >= 15 is 0 Å². The Morgan fingerprint density at radius 1 is 1.15 bits per heavy atom. The van der Waals surface area contributed by atoms with Crippen LogP contribution in [0.4, 0.5) is 0 Å². The topological polar surface area (TPSA) is 66.7 Å². The number of carbonyl (C=O) groups excluding carboxylic acids is 1. The van der Waals surface area contributed by atoms with Crippen LogP contribution in [-0.2, 0) is 18.2 Å². The molecule has 0 saturated heterocycles. The maximum Gasteiger partial charge on any atom is 0.257 e. The van der Waals surface area contributed by atoms with E-state index < -0.39 is 0 Å². The van der Waals surface area contributed by atoms with Crippen molar-refractivity contribution in [3.05, 3.63) is 60.2 Å². The van der Waals surface area contributed by atoms with E-state index in [-0.39, 0.29) is 53.7 Å². The SMILES string of the molecule is CC(C)CC(=O)c1ccc[n+](COC[n+]2cccc(/C=N/O)c2)c1.[I-].[I-]. The highest BCUT2D eigenvalue weighted by Crippen LogP contribution is 2.07. The second kappa shape index (κ2) is 13.1. The molecule has 0 bridgehead atoms. The predicted octanol–water partition coefficient (Wildman–Crippen LogP) is -4.06. The van der Waals surface area contributed by atoms with Crippen LogP contribution in [0.25, 0.3) is 0 Å². The van der Waals surface area contributed by atoms with E-state index in [0.29, 0.717) is 31.4 Å². The molecule has 1 N–H and O–H groups in total.